The van der Waals surface area contributed by atoms with Crippen LogP contribution in [0.4, 0.5) is 4.79 Å². The van der Waals surface area contributed by atoms with Crippen molar-refractivity contribution in [2.45, 2.75) is 0 Å². The van der Waals surface area contributed by atoms with Crippen molar-refractivity contribution in [2.24, 2.45) is 0 Å². The molecule has 5 heteroatoms. The first-order valence-corrected chi connectivity index (χ1v) is 2.08. The van der Waals surface area contributed by atoms with Gasteiger partial charge in [0.05, 0.1) is 0 Å². The van der Waals surface area contributed by atoms with Crippen LogP contribution in [0.3, 0.4) is 0 Å². The average molecular weight is 132 g/mol. The smallest absolute Gasteiger partial charge is 0.407 e. The molecule has 0 aromatic carbocycles. The van der Waals surface area contributed by atoms with Gasteiger partial charge >= 0.3 is 12.1 Å². The summed E-state index contributed by atoms with van der Waals surface area (Å²) in [5.74, 6) is -1.12. The largest absolute Gasteiger partial charge is 0.480 e. The second kappa shape index (κ2) is 3.71. The van der Waals surface area contributed by atoms with Crippen LogP contribution in [0.1, 0.15) is 0 Å². The number of hydrogen-bond acceptors (Lipinski definition) is 3. The topological polar surface area (TPSA) is 75.6 Å². The fourth-order valence-electron chi connectivity index (χ4n) is 0.199. The summed E-state index contributed by atoms with van der Waals surface area (Å²) in [6.45, 7) is -0.450. The van der Waals surface area contributed by atoms with Gasteiger partial charge in [-0.2, -0.15) is 0 Å². The van der Waals surface area contributed by atoms with Gasteiger partial charge in [-0.1, -0.05) is 0 Å². The molecule has 0 aliphatic heterocycles. The summed E-state index contributed by atoms with van der Waals surface area (Å²) < 4.78 is 3.84. The van der Waals surface area contributed by atoms with Crippen LogP contribution in [0.2, 0.25) is 0 Å². The number of carboxylic acids is 1. The van der Waals surface area contributed by atoms with Gasteiger partial charge in [0.1, 0.15) is 13.7 Å². The number of carboxylic acid groups (broad SMARTS) is 1. The predicted molar refractivity (Wildman–Crippen MR) is 27.5 cm³/mol. The quantitative estimate of drug-likeness (QED) is 0.535. The number of alkyl carbamates (subject to hydrolysis) is 1. The van der Waals surface area contributed by atoms with Crippen molar-refractivity contribution in [3.05, 3.63) is 7.11 Å². The molecule has 0 spiro atoms. The van der Waals surface area contributed by atoms with Gasteiger partial charge in [-0.25, -0.2) is 4.79 Å². The lowest BCUT2D eigenvalue weighted by Gasteiger charge is -1.96. The molecule has 0 aliphatic rings. The van der Waals surface area contributed by atoms with Crippen LogP contribution >= 0.6 is 0 Å². The summed E-state index contributed by atoms with van der Waals surface area (Å²) in [5.41, 5.74) is 0. The fourth-order valence-corrected chi connectivity index (χ4v) is 0.199. The lowest BCUT2D eigenvalue weighted by Crippen LogP contribution is -2.28. The average Bonchev–Trinajstić information content (AvgIpc) is 1.83. The Bertz CT molecular complexity index is 122. The van der Waals surface area contributed by atoms with Crippen LogP contribution in [-0.4, -0.2) is 23.7 Å². The number of aliphatic carboxylic acids is 1. The van der Waals surface area contributed by atoms with Gasteiger partial charge in [0, 0.05) is 0 Å². The summed E-state index contributed by atoms with van der Waals surface area (Å²) in [5, 5.41) is 9.88. The SMILES string of the molecule is [CH2]OC(=O)NCC(=O)O. The van der Waals surface area contributed by atoms with E-state index in [2.05, 4.69) is 11.8 Å². The highest BCUT2D eigenvalue weighted by Crippen LogP contribution is 1.70. The van der Waals surface area contributed by atoms with E-state index in [4.69, 9.17) is 5.11 Å². The minimum atomic E-state index is -1.12. The fraction of sp³-hybridized carbons (Fsp3) is 0.250. The first-order valence-electron chi connectivity index (χ1n) is 2.08. The van der Waals surface area contributed by atoms with Crippen LogP contribution in [0.25, 0.3) is 0 Å². The van der Waals surface area contributed by atoms with Crippen molar-refractivity contribution in [1.29, 1.82) is 0 Å². The Hall–Kier alpha value is -1.26. The number of amides is 1. The Kier molecular flexibility index (Phi) is 3.19. The molecule has 0 aromatic heterocycles. The molecule has 0 fully saturated rings. The molecule has 0 unspecified atom stereocenters. The van der Waals surface area contributed by atoms with Crippen LogP contribution in [0.5, 0.6) is 0 Å². The molecule has 1 amide bonds. The molecule has 0 heterocycles. The van der Waals surface area contributed by atoms with Crippen molar-refractivity contribution < 1.29 is 19.4 Å². The third-order valence-corrected chi connectivity index (χ3v) is 0.515. The standard InChI is InChI=1S/C4H6NO4/c1-9-4(8)5-2-3(6)7/h1-2H2,(H,5,8)(H,6,7). The van der Waals surface area contributed by atoms with Crippen molar-refractivity contribution in [3.63, 3.8) is 0 Å². The van der Waals surface area contributed by atoms with E-state index in [9.17, 15) is 9.59 Å². The number of carbonyl (C=O) groups is 2. The summed E-state index contributed by atoms with van der Waals surface area (Å²) in [7, 11) is 2.76. The van der Waals surface area contributed by atoms with E-state index in [1.165, 1.54) is 0 Å². The molecule has 5 nitrogen and oxygen atoms in total. The Morgan fingerprint density at radius 1 is 1.67 bits per heavy atom. The number of carbonyl (C=O) groups excluding carboxylic acids is 1. The molecule has 0 aromatic rings. The summed E-state index contributed by atoms with van der Waals surface area (Å²) in [6, 6.07) is 0. The van der Waals surface area contributed by atoms with Crippen molar-refractivity contribution in [1.82, 2.24) is 5.32 Å². The lowest BCUT2D eigenvalue weighted by atomic mass is 10.7. The summed E-state index contributed by atoms with van der Waals surface area (Å²) in [4.78, 5) is 19.8. The Labute approximate surface area is 51.6 Å². The Balaban J connectivity index is 3.28. The zero-order valence-electron chi connectivity index (χ0n) is 4.59. The van der Waals surface area contributed by atoms with E-state index in [1.54, 1.807) is 0 Å². The molecule has 1 radical (unpaired) electrons. The number of ether oxygens (including phenoxy) is 1. The van der Waals surface area contributed by atoms with E-state index in [0.717, 1.165) is 0 Å². The first kappa shape index (κ1) is 7.74. The van der Waals surface area contributed by atoms with E-state index >= 15 is 0 Å². The predicted octanol–water partition coefficient (Wildman–Crippen LogP) is -0.411. The van der Waals surface area contributed by atoms with Gasteiger partial charge in [0.2, 0.25) is 0 Å². The second-order valence-electron chi connectivity index (χ2n) is 1.18. The van der Waals surface area contributed by atoms with Crippen molar-refractivity contribution in [3.8, 4) is 0 Å². The van der Waals surface area contributed by atoms with Gasteiger partial charge in [0.15, 0.2) is 0 Å². The number of hydrogen-bond donors (Lipinski definition) is 2. The zero-order chi connectivity index (χ0) is 7.28. The number of rotatable bonds is 2. The third kappa shape index (κ3) is 4.60. The molecule has 2 N–H and O–H groups in total. The second-order valence-corrected chi connectivity index (χ2v) is 1.18. The van der Waals surface area contributed by atoms with Crippen molar-refractivity contribution in [2.75, 3.05) is 6.54 Å². The zero-order valence-corrected chi connectivity index (χ0v) is 4.59. The highest BCUT2D eigenvalue weighted by atomic mass is 16.5. The lowest BCUT2D eigenvalue weighted by molar-refractivity contribution is -0.135. The Morgan fingerprint density at radius 2 is 2.22 bits per heavy atom. The summed E-state index contributed by atoms with van der Waals surface area (Å²) >= 11 is 0. The molecular weight excluding hydrogens is 126 g/mol. The van der Waals surface area contributed by atoms with E-state index in [1.807, 2.05) is 5.32 Å². The molecule has 0 rings (SSSR count). The maximum absolute atomic E-state index is 10.1. The van der Waals surface area contributed by atoms with Crippen LogP contribution in [-0.2, 0) is 9.53 Å². The highest BCUT2D eigenvalue weighted by molar-refractivity contribution is 5.76. The molecule has 0 saturated carbocycles. The summed E-state index contributed by atoms with van der Waals surface area (Å²) in [6.07, 6.45) is -0.850. The maximum Gasteiger partial charge on any atom is 0.407 e. The van der Waals surface area contributed by atoms with Gasteiger partial charge in [-0.3, -0.25) is 4.79 Å². The minimum absolute atomic E-state index is 0.450. The normalized spacial score (nSPS) is 8.11. The van der Waals surface area contributed by atoms with Gasteiger partial charge in [-0.05, 0) is 0 Å². The molecular formula is C4H6NO4. The third-order valence-electron chi connectivity index (χ3n) is 0.515. The first-order chi connectivity index (χ1) is 4.16. The number of nitrogens with one attached hydrogen (secondary N) is 1. The molecule has 0 aliphatic carbocycles. The van der Waals surface area contributed by atoms with Gasteiger partial charge in [0.25, 0.3) is 0 Å². The van der Waals surface area contributed by atoms with E-state index in [0.29, 0.717) is 0 Å². The van der Waals surface area contributed by atoms with Crippen LogP contribution < -0.4 is 5.32 Å². The molecule has 0 atom stereocenters. The van der Waals surface area contributed by atoms with E-state index < -0.39 is 18.6 Å². The van der Waals surface area contributed by atoms with Crippen molar-refractivity contribution >= 4 is 12.1 Å². The highest BCUT2D eigenvalue weighted by Gasteiger charge is 1.99. The van der Waals surface area contributed by atoms with Crippen LogP contribution in [0.15, 0.2) is 0 Å². The maximum atomic E-state index is 10.1. The van der Waals surface area contributed by atoms with Gasteiger partial charge in [-0.15, -0.1) is 0 Å². The molecule has 0 saturated heterocycles. The minimum Gasteiger partial charge on any atom is -0.480 e. The Morgan fingerprint density at radius 3 is 2.56 bits per heavy atom. The monoisotopic (exact) mass is 132 g/mol. The molecule has 9 heavy (non-hydrogen) atoms. The van der Waals surface area contributed by atoms with Crippen LogP contribution in [0, 0.1) is 7.11 Å². The van der Waals surface area contributed by atoms with Gasteiger partial charge < -0.3 is 15.2 Å². The molecule has 51 valence electrons. The molecule has 0 bridgehead atoms. The van der Waals surface area contributed by atoms with E-state index in [-0.39, 0.29) is 0 Å².